The van der Waals surface area contributed by atoms with Gasteiger partial charge in [-0.2, -0.15) is 0 Å². The van der Waals surface area contributed by atoms with Crippen LogP contribution in [-0.2, 0) is 4.79 Å². The minimum absolute atomic E-state index is 0.0146. The highest BCUT2D eigenvalue weighted by Crippen LogP contribution is 2.05. The highest BCUT2D eigenvalue weighted by molar-refractivity contribution is 5.81. The summed E-state index contributed by atoms with van der Waals surface area (Å²) in [7, 11) is 0. The molecule has 1 saturated heterocycles. The molecule has 13 heavy (non-hydrogen) atoms. The van der Waals surface area contributed by atoms with Crippen molar-refractivity contribution in [3.8, 4) is 0 Å². The molecule has 0 radical (unpaired) electrons. The van der Waals surface area contributed by atoms with E-state index in [9.17, 15) is 4.79 Å². The molecular weight excluding hydrogens is 164 g/mol. The highest BCUT2D eigenvalue weighted by atomic mass is 16.2. The van der Waals surface area contributed by atoms with Gasteiger partial charge in [-0.25, -0.2) is 0 Å². The summed E-state index contributed by atoms with van der Waals surface area (Å²) in [5.41, 5.74) is 1.07. The van der Waals surface area contributed by atoms with E-state index in [-0.39, 0.29) is 11.9 Å². The van der Waals surface area contributed by atoms with E-state index in [2.05, 4.69) is 17.2 Å². The Morgan fingerprint density at radius 2 is 2.46 bits per heavy atom. The first kappa shape index (κ1) is 10.3. The van der Waals surface area contributed by atoms with Crippen molar-refractivity contribution in [2.45, 2.75) is 32.2 Å². The minimum Gasteiger partial charge on any atom is -0.355 e. The monoisotopic (exact) mass is 182 g/mol. The summed E-state index contributed by atoms with van der Waals surface area (Å²) in [5.74, 6) is 0.138. The fourth-order valence-corrected chi connectivity index (χ4v) is 1.43. The van der Waals surface area contributed by atoms with Crippen LogP contribution in [0.1, 0.15) is 26.2 Å². The van der Waals surface area contributed by atoms with E-state index in [1.54, 1.807) is 0 Å². The molecule has 1 atom stereocenters. The normalized spacial score (nSPS) is 23.5. The predicted octanol–water partition coefficient (Wildman–Crippen LogP) is 0.821. The second kappa shape index (κ2) is 5.02. The Bertz CT molecular complexity index is 201. The van der Waals surface area contributed by atoms with Gasteiger partial charge in [-0.05, 0) is 26.2 Å². The third kappa shape index (κ3) is 3.59. The Morgan fingerprint density at radius 1 is 1.69 bits per heavy atom. The molecule has 0 aliphatic carbocycles. The van der Waals surface area contributed by atoms with Crippen molar-refractivity contribution in [3.63, 3.8) is 0 Å². The van der Waals surface area contributed by atoms with Gasteiger partial charge in [-0.3, -0.25) is 4.79 Å². The molecule has 1 heterocycles. The molecule has 0 bridgehead atoms. The van der Waals surface area contributed by atoms with Crippen molar-refractivity contribution in [3.05, 3.63) is 12.2 Å². The van der Waals surface area contributed by atoms with Crippen molar-refractivity contribution in [2.24, 2.45) is 0 Å². The molecule has 1 aliphatic heterocycles. The van der Waals surface area contributed by atoms with Crippen LogP contribution in [-0.4, -0.2) is 25.0 Å². The molecular formula is C10H18N2O. The van der Waals surface area contributed by atoms with Gasteiger partial charge in [0.05, 0.1) is 6.04 Å². The van der Waals surface area contributed by atoms with Gasteiger partial charge in [0.2, 0.25) is 5.91 Å². The molecule has 0 aromatic heterocycles. The van der Waals surface area contributed by atoms with Crippen molar-refractivity contribution >= 4 is 5.91 Å². The van der Waals surface area contributed by atoms with E-state index in [4.69, 9.17) is 0 Å². The molecule has 0 saturated carbocycles. The van der Waals surface area contributed by atoms with Crippen LogP contribution in [0.15, 0.2) is 12.2 Å². The third-order valence-corrected chi connectivity index (χ3v) is 2.19. The molecule has 1 amide bonds. The Kier molecular flexibility index (Phi) is 3.96. The zero-order valence-corrected chi connectivity index (χ0v) is 8.23. The van der Waals surface area contributed by atoms with E-state index in [1.165, 1.54) is 0 Å². The Balaban J connectivity index is 2.36. The fraction of sp³-hybridized carbons (Fsp3) is 0.700. The fourth-order valence-electron chi connectivity index (χ4n) is 1.43. The van der Waals surface area contributed by atoms with Gasteiger partial charge in [0, 0.05) is 13.1 Å². The van der Waals surface area contributed by atoms with Gasteiger partial charge in [-0.15, -0.1) is 0 Å². The van der Waals surface area contributed by atoms with E-state index >= 15 is 0 Å². The van der Waals surface area contributed by atoms with Crippen molar-refractivity contribution in [2.75, 3.05) is 13.1 Å². The summed E-state index contributed by atoms with van der Waals surface area (Å²) in [6.07, 6.45) is 3.16. The average Bonchev–Trinajstić information content (AvgIpc) is 2.27. The van der Waals surface area contributed by atoms with Gasteiger partial charge in [-0.1, -0.05) is 12.2 Å². The summed E-state index contributed by atoms with van der Waals surface area (Å²) < 4.78 is 0. The molecule has 74 valence electrons. The Labute approximate surface area is 79.6 Å². The molecule has 1 fully saturated rings. The van der Waals surface area contributed by atoms with Crippen molar-refractivity contribution < 1.29 is 4.79 Å². The number of rotatable bonds is 3. The second-order valence-corrected chi connectivity index (χ2v) is 3.68. The smallest absolute Gasteiger partial charge is 0.237 e. The van der Waals surface area contributed by atoms with Gasteiger partial charge < -0.3 is 10.6 Å². The molecule has 0 spiro atoms. The maximum atomic E-state index is 11.4. The summed E-state index contributed by atoms with van der Waals surface area (Å²) in [6.45, 7) is 7.31. The Hall–Kier alpha value is -0.830. The molecule has 1 rings (SSSR count). The average molecular weight is 182 g/mol. The molecule has 0 aromatic carbocycles. The standard InChI is InChI=1S/C10H18N2O/c1-8(2)7-12-9-5-3-4-6-11-10(9)13/h9,12H,1,3-7H2,2H3,(H,11,13). The van der Waals surface area contributed by atoms with Gasteiger partial charge in [0.15, 0.2) is 0 Å². The number of hydrogen-bond donors (Lipinski definition) is 2. The largest absolute Gasteiger partial charge is 0.355 e. The topological polar surface area (TPSA) is 41.1 Å². The van der Waals surface area contributed by atoms with Crippen LogP contribution < -0.4 is 10.6 Å². The van der Waals surface area contributed by atoms with Gasteiger partial charge >= 0.3 is 0 Å². The summed E-state index contributed by atoms with van der Waals surface area (Å²) in [5, 5.41) is 6.09. The maximum Gasteiger partial charge on any atom is 0.237 e. The lowest BCUT2D eigenvalue weighted by Crippen LogP contribution is -2.43. The molecule has 0 aromatic rings. The quantitative estimate of drug-likeness (QED) is 0.634. The van der Waals surface area contributed by atoms with E-state index in [0.29, 0.717) is 0 Å². The van der Waals surface area contributed by atoms with Crippen LogP contribution in [0.5, 0.6) is 0 Å². The first-order chi connectivity index (χ1) is 6.20. The second-order valence-electron chi connectivity index (χ2n) is 3.68. The molecule has 1 aliphatic rings. The number of nitrogens with one attached hydrogen (secondary N) is 2. The SMILES string of the molecule is C=C(C)CNC1CCCCNC1=O. The number of hydrogen-bond acceptors (Lipinski definition) is 2. The van der Waals surface area contributed by atoms with Crippen LogP contribution in [0.3, 0.4) is 0 Å². The zero-order chi connectivity index (χ0) is 9.68. The van der Waals surface area contributed by atoms with Gasteiger partial charge in [0.1, 0.15) is 0 Å². The highest BCUT2D eigenvalue weighted by Gasteiger charge is 2.19. The predicted molar refractivity (Wildman–Crippen MR) is 53.5 cm³/mol. The minimum atomic E-state index is -0.0146. The number of carbonyl (C=O) groups is 1. The van der Waals surface area contributed by atoms with Crippen LogP contribution >= 0.6 is 0 Å². The lowest BCUT2D eigenvalue weighted by atomic mass is 10.1. The summed E-state index contributed by atoms with van der Waals surface area (Å²) in [6, 6.07) is -0.0146. The molecule has 2 N–H and O–H groups in total. The number of carbonyl (C=O) groups excluding carboxylic acids is 1. The molecule has 3 heteroatoms. The summed E-state index contributed by atoms with van der Waals surface area (Å²) >= 11 is 0. The molecule has 3 nitrogen and oxygen atoms in total. The van der Waals surface area contributed by atoms with Gasteiger partial charge in [0.25, 0.3) is 0 Å². The first-order valence-electron chi connectivity index (χ1n) is 4.85. The van der Waals surface area contributed by atoms with Crippen molar-refractivity contribution in [1.82, 2.24) is 10.6 Å². The van der Waals surface area contributed by atoms with Crippen LogP contribution in [0, 0.1) is 0 Å². The van der Waals surface area contributed by atoms with Crippen LogP contribution in [0.2, 0.25) is 0 Å². The zero-order valence-electron chi connectivity index (χ0n) is 8.23. The van der Waals surface area contributed by atoms with Crippen LogP contribution in [0.25, 0.3) is 0 Å². The number of amides is 1. The van der Waals surface area contributed by atoms with E-state index in [0.717, 1.165) is 37.9 Å². The molecule has 1 unspecified atom stereocenters. The summed E-state index contributed by atoms with van der Waals surface area (Å²) in [4.78, 5) is 11.4. The van der Waals surface area contributed by atoms with Crippen molar-refractivity contribution in [1.29, 1.82) is 0 Å². The first-order valence-corrected chi connectivity index (χ1v) is 4.85. The third-order valence-electron chi connectivity index (χ3n) is 2.19. The Morgan fingerprint density at radius 3 is 3.15 bits per heavy atom. The lowest BCUT2D eigenvalue weighted by molar-refractivity contribution is -0.122. The lowest BCUT2D eigenvalue weighted by Gasteiger charge is -2.14. The van der Waals surface area contributed by atoms with E-state index in [1.807, 2.05) is 6.92 Å². The van der Waals surface area contributed by atoms with E-state index < -0.39 is 0 Å². The van der Waals surface area contributed by atoms with Crippen LogP contribution in [0.4, 0.5) is 0 Å². The maximum absolute atomic E-state index is 11.4.